The van der Waals surface area contributed by atoms with Crippen molar-refractivity contribution in [1.82, 2.24) is 4.90 Å². The van der Waals surface area contributed by atoms with Gasteiger partial charge in [0.25, 0.3) is 0 Å². The number of thioether (sulfide) groups is 1. The highest BCUT2D eigenvalue weighted by Gasteiger charge is 2.43. The molecule has 1 saturated heterocycles. The maximum absolute atomic E-state index is 5.69. The Morgan fingerprint density at radius 1 is 1.47 bits per heavy atom. The molecule has 2 fully saturated rings. The fourth-order valence-corrected chi connectivity index (χ4v) is 3.86. The topological polar surface area (TPSA) is 29.3 Å². The van der Waals surface area contributed by atoms with E-state index in [0.717, 1.165) is 11.8 Å². The van der Waals surface area contributed by atoms with Gasteiger partial charge >= 0.3 is 0 Å². The lowest BCUT2D eigenvalue weighted by molar-refractivity contribution is 0.219. The summed E-state index contributed by atoms with van der Waals surface area (Å²) in [6.07, 6.45) is 5.41. The van der Waals surface area contributed by atoms with Crippen LogP contribution in [0.1, 0.15) is 32.6 Å². The van der Waals surface area contributed by atoms with Gasteiger partial charge in [-0.1, -0.05) is 6.92 Å². The molecule has 1 saturated carbocycles. The second kappa shape index (κ2) is 5.07. The molecular weight excluding hydrogens is 204 g/mol. The van der Waals surface area contributed by atoms with Gasteiger partial charge in [0, 0.05) is 30.6 Å². The molecule has 1 aliphatic carbocycles. The summed E-state index contributed by atoms with van der Waals surface area (Å²) in [6.45, 7) is 7.12. The van der Waals surface area contributed by atoms with Crippen LogP contribution in [0.15, 0.2) is 0 Å². The molecule has 0 spiro atoms. The maximum Gasteiger partial charge on any atom is 0.0172 e. The molecule has 2 rings (SSSR count). The third-order valence-electron chi connectivity index (χ3n) is 3.87. The van der Waals surface area contributed by atoms with Gasteiger partial charge in [-0.15, -0.1) is 0 Å². The van der Waals surface area contributed by atoms with E-state index >= 15 is 0 Å². The molecule has 0 radical (unpaired) electrons. The van der Waals surface area contributed by atoms with Crippen molar-refractivity contribution in [3.05, 3.63) is 0 Å². The number of hydrogen-bond donors (Lipinski definition) is 1. The van der Waals surface area contributed by atoms with Gasteiger partial charge in [-0.25, -0.2) is 0 Å². The zero-order valence-corrected chi connectivity index (χ0v) is 10.7. The molecule has 1 atom stereocenters. The van der Waals surface area contributed by atoms with Gasteiger partial charge < -0.3 is 10.6 Å². The van der Waals surface area contributed by atoms with Crippen LogP contribution in [0.25, 0.3) is 0 Å². The van der Waals surface area contributed by atoms with E-state index in [9.17, 15) is 0 Å². The van der Waals surface area contributed by atoms with Gasteiger partial charge in [0.15, 0.2) is 0 Å². The number of nitrogens with zero attached hydrogens (tertiary/aromatic N) is 1. The Bertz CT molecular complexity index is 204. The smallest absolute Gasteiger partial charge is 0.0172 e. The van der Waals surface area contributed by atoms with Crippen LogP contribution in [0.2, 0.25) is 0 Å². The molecule has 1 unspecified atom stereocenters. The van der Waals surface area contributed by atoms with Crippen LogP contribution in [-0.2, 0) is 0 Å². The van der Waals surface area contributed by atoms with Crippen molar-refractivity contribution in [3.8, 4) is 0 Å². The Hall–Kier alpha value is 0.270. The summed E-state index contributed by atoms with van der Waals surface area (Å²) in [6, 6.07) is 0. The first kappa shape index (κ1) is 11.7. The van der Waals surface area contributed by atoms with Gasteiger partial charge in [0.1, 0.15) is 0 Å². The molecule has 2 N–H and O–H groups in total. The van der Waals surface area contributed by atoms with Gasteiger partial charge in [-0.3, -0.25) is 0 Å². The first-order chi connectivity index (χ1) is 7.28. The van der Waals surface area contributed by atoms with Crippen LogP contribution in [0.5, 0.6) is 0 Å². The minimum absolute atomic E-state index is 0.634. The normalized spacial score (nSPS) is 30.4. The zero-order valence-electron chi connectivity index (χ0n) is 9.87. The number of hydrogen-bond acceptors (Lipinski definition) is 3. The van der Waals surface area contributed by atoms with Crippen LogP contribution >= 0.6 is 11.8 Å². The first-order valence-electron chi connectivity index (χ1n) is 6.32. The highest BCUT2D eigenvalue weighted by Crippen LogP contribution is 2.49. The minimum atomic E-state index is 0.634. The van der Waals surface area contributed by atoms with Gasteiger partial charge in [0.2, 0.25) is 0 Å². The SMILES string of the molecule is CCC1CN(CC2(CCN)CC2)CCS1. The van der Waals surface area contributed by atoms with Crippen LogP contribution < -0.4 is 5.73 Å². The molecule has 0 aromatic carbocycles. The molecule has 2 aliphatic rings. The summed E-state index contributed by atoms with van der Waals surface area (Å²) in [5.74, 6) is 1.33. The lowest BCUT2D eigenvalue weighted by atomic mass is 10.0. The van der Waals surface area contributed by atoms with E-state index in [1.165, 1.54) is 51.1 Å². The quantitative estimate of drug-likeness (QED) is 0.780. The second-order valence-electron chi connectivity index (χ2n) is 5.17. The molecule has 3 heteroatoms. The number of nitrogens with two attached hydrogens (primary N) is 1. The molecule has 1 heterocycles. The summed E-state index contributed by atoms with van der Waals surface area (Å²) in [5.41, 5.74) is 6.32. The molecule has 2 nitrogen and oxygen atoms in total. The summed E-state index contributed by atoms with van der Waals surface area (Å²) in [7, 11) is 0. The van der Waals surface area contributed by atoms with Crippen LogP contribution in [0.4, 0.5) is 0 Å². The zero-order chi connectivity index (χ0) is 10.7. The van der Waals surface area contributed by atoms with E-state index in [1.54, 1.807) is 0 Å². The summed E-state index contributed by atoms with van der Waals surface area (Å²) in [5, 5.41) is 0.882. The highest BCUT2D eigenvalue weighted by atomic mass is 32.2. The van der Waals surface area contributed by atoms with Gasteiger partial charge in [-0.05, 0) is 37.6 Å². The molecule has 0 aromatic heterocycles. The Morgan fingerprint density at radius 2 is 2.27 bits per heavy atom. The van der Waals surface area contributed by atoms with Gasteiger partial charge in [-0.2, -0.15) is 11.8 Å². The van der Waals surface area contributed by atoms with Crippen LogP contribution in [0, 0.1) is 5.41 Å². The molecule has 0 amide bonds. The van der Waals surface area contributed by atoms with Crippen molar-refractivity contribution in [2.24, 2.45) is 11.1 Å². The number of rotatable bonds is 5. The lowest BCUT2D eigenvalue weighted by Gasteiger charge is -2.34. The molecule has 15 heavy (non-hydrogen) atoms. The van der Waals surface area contributed by atoms with Crippen molar-refractivity contribution in [3.63, 3.8) is 0 Å². The molecule has 88 valence electrons. The van der Waals surface area contributed by atoms with Gasteiger partial charge in [0.05, 0.1) is 0 Å². The van der Waals surface area contributed by atoms with Crippen molar-refractivity contribution in [1.29, 1.82) is 0 Å². The largest absolute Gasteiger partial charge is 0.330 e. The fraction of sp³-hybridized carbons (Fsp3) is 1.00. The Kier molecular flexibility index (Phi) is 3.97. The Morgan fingerprint density at radius 3 is 2.87 bits per heavy atom. The van der Waals surface area contributed by atoms with E-state index in [1.807, 2.05) is 0 Å². The summed E-state index contributed by atoms with van der Waals surface area (Å²) < 4.78 is 0. The fourth-order valence-electron chi connectivity index (χ4n) is 2.62. The summed E-state index contributed by atoms with van der Waals surface area (Å²) >= 11 is 2.16. The monoisotopic (exact) mass is 228 g/mol. The molecule has 0 bridgehead atoms. The van der Waals surface area contributed by atoms with E-state index in [0.29, 0.717) is 5.41 Å². The van der Waals surface area contributed by atoms with E-state index in [-0.39, 0.29) is 0 Å². The predicted octanol–water partition coefficient (Wildman–Crippen LogP) is 1.94. The third-order valence-corrected chi connectivity index (χ3v) is 5.24. The predicted molar refractivity (Wildman–Crippen MR) is 68.3 cm³/mol. The average molecular weight is 228 g/mol. The van der Waals surface area contributed by atoms with E-state index < -0.39 is 0 Å². The highest BCUT2D eigenvalue weighted by molar-refractivity contribution is 8.00. The standard InChI is InChI=1S/C12H24N2S/c1-2-11-9-14(7-8-15-11)10-12(3-4-12)5-6-13/h11H,2-10,13H2,1H3. The van der Waals surface area contributed by atoms with Crippen molar-refractivity contribution in [2.45, 2.75) is 37.9 Å². The molecule has 1 aliphatic heterocycles. The minimum Gasteiger partial charge on any atom is -0.330 e. The first-order valence-corrected chi connectivity index (χ1v) is 7.37. The van der Waals surface area contributed by atoms with E-state index in [4.69, 9.17) is 5.73 Å². The van der Waals surface area contributed by atoms with Crippen LogP contribution in [0.3, 0.4) is 0 Å². The lowest BCUT2D eigenvalue weighted by Crippen LogP contribution is -2.41. The Labute approximate surface area is 98.0 Å². The van der Waals surface area contributed by atoms with Crippen molar-refractivity contribution < 1.29 is 0 Å². The second-order valence-corrected chi connectivity index (χ2v) is 6.58. The third kappa shape index (κ3) is 3.11. The van der Waals surface area contributed by atoms with Crippen LogP contribution in [-0.4, -0.2) is 42.1 Å². The maximum atomic E-state index is 5.69. The average Bonchev–Trinajstić information content (AvgIpc) is 2.99. The molecular formula is C12H24N2S. The summed E-state index contributed by atoms with van der Waals surface area (Å²) in [4.78, 5) is 2.69. The van der Waals surface area contributed by atoms with Crippen molar-refractivity contribution in [2.75, 3.05) is 31.9 Å². The van der Waals surface area contributed by atoms with E-state index in [2.05, 4.69) is 23.6 Å². The molecule has 0 aromatic rings. The van der Waals surface area contributed by atoms with Crippen molar-refractivity contribution >= 4 is 11.8 Å². The Balaban J connectivity index is 1.78.